The lowest BCUT2D eigenvalue weighted by molar-refractivity contribution is -0.197. The number of thioether (sulfide) groups is 1. The second kappa shape index (κ2) is 11.8. The predicted octanol–water partition coefficient (Wildman–Crippen LogP) is 0.904. The minimum atomic E-state index is -0.750. The number of carbonyl (C=O) groups is 5. The first-order valence-electron chi connectivity index (χ1n) is 11.1. The Kier molecular flexibility index (Phi) is 9.09. The van der Waals surface area contributed by atoms with Gasteiger partial charge in [-0.2, -0.15) is 24.4 Å². The Bertz CT molecular complexity index is 752. The number of nitrogens with zero attached hydrogens (tertiary/aromatic N) is 1. The summed E-state index contributed by atoms with van der Waals surface area (Å²) in [5.41, 5.74) is 0. The van der Waals surface area contributed by atoms with Gasteiger partial charge in [-0.15, -0.1) is 5.06 Å². The molecule has 0 aliphatic carbocycles. The minimum absolute atomic E-state index is 0.0181. The molecule has 0 spiro atoms. The molecule has 0 aromatic carbocycles. The second-order valence-electron chi connectivity index (χ2n) is 8.24. The van der Waals surface area contributed by atoms with Gasteiger partial charge in [-0.05, 0) is 25.7 Å². The molecule has 4 atom stereocenters. The van der Waals surface area contributed by atoms with Crippen molar-refractivity contribution in [1.82, 2.24) is 21.0 Å². The maximum absolute atomic E-state index is 12.0. The number of hydroxylamine groups is 2. The lowest BCUT2D eigenvalue weighted by Gasteiger charge is -2.16. The summed E-state index contributed by atoms with van der Waals surface area (Å²) in [6.07, 6.45) is 5.25. The highest BCUT2D eigenvalue weighted by molar-refractivity contribution is 8.00. The number of thiol groups is 1. The average Bonchev–Trinajstić information content (AvgIpc) is 3.37. The maximum Gasteiger partial charge on any atom is 0.333 e. The highest BCUT2D eigenvalue weighted by atomic mass is 32.2. The van der Waals surface area contributed by atoms with E-state index in [1.807, 2.05) is 11.8 Å². The number of rotatable bonds is 12. The van der Waals surface area contributed by atoms with Crippen LogP contribution in [0.3, 0.4) is 0 Å². The number of fused-ring (bicyclic) bond motifs is 1. The zero-order chi connectivity index (χ0) is 23.1. The average molecular weight is 487 g/mol. The zero-order valence-corrected chi connectivity index (χ0v) is 19.6. The van der Waals surface area contributed by atoms with Gasteiger partial charge < -0.3 is 20.8 Å². The van der Waals surface area contributed by atoms with Crippen molar-refractivity contribution >= 4 is 54.1 Å². The molecule has 3 rings (SSSR count). The molecular formula is C20H30N4O6S2. The van der Waals surface area contributed by atoms with Crippen LogP contribution < -0.4 is 16.0 Å². The Labute approximate surface area is 196 Å². The third-order valence-corrected chi connectivity index (χ3v) is 7.65. The normalized spacial score (nSPS) is 26.7. The van der Waals surface area contributed by atoms with Crippen molar-refractivity contribution in [2.45, 2.75) is 80.4 Å². The van der Waals surface area contributed by atoms with Gasteiger partial charge in [0.05, 0.1) is 23.8 Å². The van der Waals surface area contributed by atoms with E-state index in [1.54, 1.807) is 0 Å². The number of amides is 5. The molecule has 3 heterocycles. The van der Waals surface area contributed by atoms with E-state index in [1.165, 1.54) is 0 Å². The first kappa shape index (κ1) is 24.7. The summed E-state index contributed by atoms with van der Waals surface area (Å²) in [4.78, 5) is 63.1. The van der Waals surface area contributed by atoms with Gasteiger partial charge in [0.2, 0.25) is 5.91 Å². The largest absolute Gasteiger partial charge is 0.356 e. The van der Waals surface area contributed by atoms with Gasteiger partial charge >= 0.3 is 12.0 Å². The van der Waals surface area contributed by atoms with E-state index >= 15 is 0 Å². The molecule has 3 aliphatic heterocycles. The Morgan fingerprint density at radius 3 is 2.62 bits per heavy atom. The quantitative estimate of drug-likeness (QED) is 0.139. The van der Waals surface area contributed by atoms with Crippen LogP contribution in [0.2, 0.25) is 0 Å². The van der Waals surface area contributed by atoms with Crippen LogP contribution in [0, 0.1) is 0 Å². The van der Waals surface area contributed by atoms with E-state index in [9.17, 15) is 24.0 Å². The molecule has 32 heavy (non-hydrogen) atoms. The fourth-order valence-electron chi connectivity index (χ4n) is 4.00. The molecule has 0 radical (unpaired) electrons. The van der Waals surface area contributed by atoms with Gasteiger partial charge in [0, 0.05) is 30.4 Å². The van der Waals surface area contributed by atoms with Crippen LogP contribution in [-0.4, -0.2) is 69.7 Å². The van der Waals surface area contributed by atoms with Crippen LogP contribution in [0.1, 0.15) is 57.8 Å². The highest BCUT2D eigenvalue weighted by Crippen LogP contribution is 2.33. The summed E-state index contributed by atoms with van der Waals surface area (Å²) in [7, 11) is 0. The van der Waals surface area contributed by atoms with Crippen LogP contribution in [-0.2, 0) is 24.0 Å². The van der Waals surface area contributed by atoms with Crippen molar-refractivity contribution in [2.24, 2.45) is 0 Å². The Balaban J connectivity index is 1.15. The van der Waals surface area contributed by atoms with Gasteiger partial charge in [-0.3, -0.25) is 14.4 Å². The van der Waals surface area contributed by atoms with Crippen molar-refractivity contribution in [3.8, 4) is 0 Å². The molecule has 0 aromatic heterocycles. The van der Waals surface area contributed by atoms with Gasteiger partial charge in [0.25, 0.3) is 11.8 Å². The third kappa shape index (κ3) is 6.77. The van der Waals surface area contributed by atoms with Gasteiger partial charge in [0.1, 0.15) is 0 Å². The molecule has 12 heteroatoms. The molecule has 0 aromatic rings. The van der Waals surface area contributed by atoms with Crippen LogP contribution in [0.25, 0.3) is 0 Å². The zero-order valence-electron chi connectivity index (χ0n) is 17.8. The molecule has 2 unspecified atom stereocenters. The smallest absolute Gasteiger partial charge is 0.333 e. The number of unbranched alkanes of at least 4 members (excludes halogenated alkanes) is 3. The van der Waals surface area contributed by atoms with Crippen LogP contribution in [0.5, 0.6) is 0 Å². The molecule has 3 N–H and O–H groups in total. The van der Waals surface area contributed by atoms with E-state index in [0.717, 1.165) is 31.4 Å². The maximum atomic E-state index is 12.0. The fourth-order valence-corrected chi connectivity index (χ4v) is 5.80. The van der Waals surface area contributed by atoms with Crippen molar-refractivity contribution < 1.29 is 28.8 Å². The lowest BCUT2D eigenvalue weighted by Crippen LogP contribution is -2.36. The van der Waals surface area contributed by atoms with Crippen molar-refractivity contribution in [1.29, 1.82) is 0 Å². The summed E-state index contributed by atoms with van der Waals surface area (Å²) >= 11 is 5.84. The first-order chi connectivity index (χ1) is 15.3. The number of hydrogen-bond donors (Lipinski definition) is 4. The third-order valence-electron chi connectivity index (χ3n) is 5.73. The standard InChI is InChI=1S/C20H30N4O6S2/c25-15(7-4-3-6-14-18-12(11-32-14)22-20(29)23-18)21-9-5-1-2-8-17(27)30-24-16(26)10-13(31)19(24)28/h12-14,18,31H,1-11H2,(H,21,25)(H2,22,23,29)/t12-,13?,14?,18-/m0/s1. The van der Waals surface area contributed by atoms with E-state index < -0.39 is 23.0 Å². The predicted molar refractivity (Wildman–Crippen MR) is 121 cm³/mol. The van der Waals surface area contributed by atoms with Gasteiger partial charge in [-0.1, -0.05) is 12.8 Å². The molecule has 0 saturated carbocycles. The number of hydrogen-bond acceptors (Lipinski definition) is 8. The van der Waals surface area contributed by atoms with E-state index in [4.69, 9.17) is 4.84 Å². The summed E-state index contributed by atoms with van der Waals surface area (Å²) in [5.74, 6) is -0.832. The minimum Gasteiger partial charge on any atom is -0.356 e. The number of carbonyl (C=O) groups excluding carboxylic acids is 5. The van der Waals surface area contributed by atoms with Crippen LogP contribution in [0.15, 0.2) is 0 Å². The monoisotopic (exact) mass is 486 g/mol. The van der Waals surface area contributed by atoms with Crippen molar-refractivity contribution in [3.05, 3.63) is 0 Å². The summed E-state index contributed by atoms with van der Waals surface area (Å²) in [5, 5.41) is 8.95. The van der Waals surface area contributed by atoms with Gasteiger partial charge in [-0.25, -0.2) is 9.59 Å². The molecule has 3 saturated heterocycles. The van der Waals surface area contributed by atoms with Crippen LogP contribution >= 0.6 is 24.4 Å². The fraction of sp³-hybridized carbons (Fsp3) is 0.750. The number of urea groups is 1. The van der Waals surface area contributed by atoms with Gasteiger partial charge in [0.15, 0.2) is 0 Å². The van der Waals surface area contributed by atoms with E-state index in [0.29, 0.717) is 36.1 Å². The molecule has 3 aliphatic rings. The number of imide groups is 1. The molecule has 3 fully saturated rings. The van der Waals surface area contributed by atoms with Crippen molar-refractivity contribution in [3.63, 3.8) is 0 Å². The topological polar surface area (TPSA) is 134 Å². The van der Waals surface area contributed by atoms with Crippen molar-refractivity contribution in [2.75, 3.05) is 12.3 Å². The SMILES string of the molecule is O=C(CCCCC1SC[C@@H]2NC(=O)N[C@H]12)NCCCCCC(=O)ON1C(=O)CC(S)C1=O. The summed E-state index contributed by atoms with van der Waals surface area (Å²) in [6.45, 7) is 0.540. The first-order valence-corrected chi connectivity index (χ1v) is 12.6. The Morgan fingerprint density at radius 1 is 1.09 bits per heavy atom. The Morgan fingerprint density at radius 2 is 1.88 bits per heavy atom. The number of nitrogens with one attached hydrogen (secondary N) is 3. The molecule has 5 amide bonds. The summed E-state index contributed by atoms with van der Waals surface area (Å²) < 4.78 is 0. The molecular weight excluding hydrogens is 456 g/mol. The summed E-state index contributed by atoms with van der Waals surface area (Å²) in [6, 6.07) is 0.355. The molecule has 10 nitrogen and oxygen atoms in total. The van der Waals surface area contributed by atoms with E-state index in [-0.39, 0.29) is 36.9 Å². The lowest BCUT2D eigenvalue weighted by atomic mass is 10.0. The van der Waals surface area contributed by atoms with Crippen LogP contribution in [0.4, 0.5) is 4.79 Å². The molecule has 0 bridgehead atoms. The second-order valence-corrected chi connectivity index (χ2v) is 10.1. The Hall–Kier alpha value is -1.95. The van der Waals surface area contributed by atoms with E-state index in [2.05, 4.69) is 28.6 Å². The highest BCUT2D eigenvalue weighted by Gasteiger charge is 2.42. The molecule has 178 valence electrons.